The summed E-state index contributed by atoms with van der Waals surface area (Å²) in [6.07, 6.45) is 40.2. The first-order valence-electron chi connectivity index (χ1n) is 16.6. The lowest BCUT2D eigenvalue weighted by molar-refractivity contribution is 0.208. The van der Waals surface area contributed by atoms with E-state index in [1.54, 1.807) is 0 Å². The largest absolute Gasteiger partial charge is 0.0649 e. The van der Waals surface area contributed by atoms with Crippen molar-refractivity contribution in [3.05, 3.63) is 0 Å². The van der Waals surface area contributed by atoms with Gasteiger partial charge in [-0.2, -0.15) is 0 Å². The van der Waals surface area contributed by atoms with E-state index in [0.717, 1.165) is 17.3 Å². The van der Waals surface area contributed by atoms with Gasteiger partial charge in [0.15, 0.2) is 0 Å². The molecule has 0 unspecified atom stereocenters. The van der Waals surface area contributed by atoms with Crippen molar-refractivity contribution in [1.29, 1.82) is 0 Å². The molecule has 0 amide bonds. The molecule has 204 valence electrons. The predicted molar refractivity (Wildman–Crippen MR) is 157 cm³/mol. The minimum Gasteiger partial charge on any atom is -0.0649 e. The van der Waals surface area contributed by atoms with Crippen LogP contribution in [0.3, 0.4) is 0 Å². The SMILES string of the molecule is C1CC1.C1CCC1.C1CCC1.C1CCCCC1.CC1CC1.CC1CC1.CCC1(C)CCCCC1. The molecule has 0 atom stereocenters. The Hall–Kier alpha value is 0. The second kappa shape index (κ2) is 22.2. The van der Waals surface area contributed by atoms with Crippen molar-refractivity contribution < 1.29 is 0 Å². The second-order valence-corrected chi connectivity index (χ2v) is 13.1. The minimum atomic E-state index is 0.720. The highest BCUT2D eigenvalue weighted by atomic mass is 14.3. The molecule has 0 aromatic rings. The fraction of sp³-hybridized carbons (Fsp3) is 1.00. The maximum absolute atomic E-state index is 2.44. The fourth-order valence-corrected chi connectivity index (χ4v) is 3.65. The third-order valence-corrected chi connectivity index (χ3v) is 8.50. The summed E-state index contributed by atoms with van der Waals surface area (Å²) < 4.78 is 0. The Morgan fingerprint density at radius 2 is 0.588 bits per heavy atom. The van der Waals surface area contributed by atoms with Gasteiger partial charge >= 0.3 is 0 Å². The summed E-state index contributed by atoms with van der Waals surface area (Å²) in [6.45, 7) is 9.32. The van der Waals surface area contributed by atoms with E-state index in [9.17, 15) is 0 Å². The Morgan fingerprint density at radius 1 is 0.412 bits per heavy atom. The number of hydrogen-bond acceptors (Lipinski definition) is 0. The Balaban J connectivity index is 0.000000205. The lowest BCUT2D eigenvalue weighted by Gasteiger charge is -2.32. The molecule has 0 saturated heterocycles. The van der Waals surface area contributed by atoms with Gasteiger partial charge in [0.1, 0.15) is 0 Å². The van der Waals surface area contributed by atoms with E-state index in [1.807, 2.05) is 0 Å². The topological polar surface area (TPSA) is 0 Å². The van der Waals surface area contributed by atoms with Gasteiger partial charge in [-0.15, -0.1) is 0 Å². The zero-order chi connectivity index (χ0) is 24.7. The van der Waals surface area contributed by atoms with E-state index in [2.05, 4.69) is 27.7 Å². The molecule has 0 spiro atoms. The van der Waals surface area contributed by atoms with Gasteiger partial charge in [0.2, 0.25) is 0 Å². The van der Waals surface area contributed by atoms with E-state index in [4.69, 9.17) is 0 Å². The molecular formula is C34H68. The van der Waals surface area contributed by atoms with Crippen LogP contribution in [-0.2, 0) is 0 Å². The Labute approximate surface area is 218 Å². The third kappa shape index (κ3) is 26.6. The van der Waals surface area contributed by atoms with Crippen LogP contribution in [0.2, 0.25) is 0 Å². The van der Waals surface area contributed by atoms with Crippen LogP contribution in [0.4, 0.5) is 0 Å². The van der Waals surface area contributed by atoms with Crippen molar-refractivity contribution in [2.75, 3.05) is 0 Å². The van der Waals surface area contributed by atoms with Gasteiger partial charge in [0.05, 0.1) is 0 Å². The van der Waals surface area contributed by atoms with Crippen LogP contribution < -0.4 is 0 Å². The van der Waals surface area contributed by atoms with Crippen molar-refractivity contribution in [3.63, 3.8) is 0 Å². The molecule has 0 bridgehead atoms. The predicted octanol–water partition coefficient (Wildman–Crippen LogP) is 12.8. The molecule has 7 rings (SSSR count). The van der Waals surface area contributed by atoms with Crippen molar-refractivity contribution in [2.45, 2.75) is 201 Å². The van der Waals surface area contributed by atoms with Gasteiger partial charge in [-0.25, -0.2) is 0 Å². The molecule has 7 aliphatic rings. The van der Waals surface area contributed by atoms with Crippen LogP contribution in [-0.4, -0.2) is 0 Å². The summed E-state index contributed by atoms with van der Waals surface area (Å²) in [5.74, 6) is 2.17. The summed E-state index contributed by atoms with van der Waals surface area (Å²) in [4.78, 5) is 0. The molecule has 0 heterocycles. The zero-order valence-corrected chi connectivity index (χ0v) is 24.7. The van der Waals surface area contributed by atoms with Crippen LogP contribution in [0.15, 0.2) is 0 Å². The molecular weight excluding hydrogens is 408 g/mol. The van der Waals surface area contributed by atoms with Gasteiger partial charge in [0, 0.05) is 0 Å². The molecule has 7 aliphatic carbocycles. The summed E-state index contributed by atoms with van der Waals surface area (Å²) in [5, 5.41) is 0. The molecule has 0 aromatic carbocycles. The van der Waals surface area contributed by atoms with E-state index < -0.39 is 0 Å². The van der Waals surface area contributed by atoms with E-state index in [1.165, 1.54) is 173 Å². The molecule has 0 N–H and O–H groups in total. The Bertz CT molecular complexity index is 342. The van der Waals surface area contributed by atoms with Crippen molar-refractivity contribution in [1.82, 2.24) is 0 Å². The van der Waals surface area contributed by atoms with E-state index in [-0.39, 0.29) is 0 Å². The normalized spacial score (nSPS) is 25.1. The standard InChI is InChI=1S/C9H18.C6H12.4C4H8.C3H6/c1-3-9(2)7-5-4-6-8-9;1-2-4-6-5-3-1;2*1-4-2-3-4;2*1-2-4-3-1;1-2-3-1/h3-8H2,1-2H3;1-6H2;2*4H,2-3H2,1H3;2*1-4H2;1-3H2. The average Bonchev–Trinajstić information content (AvgIpc) is 3.59. The molecule has 0 radical (unpaired) electrons. The Kier molecular flexibility index (Phi) is 20.9. The molecule has 34 heavy (non-hydrogen) atoms. The minimum absolute atomic E-state index is 0.720. The molecule has 0 nitrogen and oxygen atoms in total. The van der Waals surface area contributed by atoms with Gasteiger partial charge in [-0.3, -0.25) is 0 Å². The quantitative estimate of drug-likeness (QED) is 0.353. The zero-order valence-electron chi connectivity index (χ0n) is 24.7. The maximum atomic E-state index is 2.44. The average molecular weight is 477 g/mol. The van der Waals surface area contributed by atoms with E-state index >= 15 is 0 Å². The monoisotopic (exact) mass is 477 g/mol. The lowest BCUT2D eigenvalue weighted by atomic mass is 9.74. The first-order chi connectivity index (χ1) is 16.6. The Morgan fingerprint density at radius 3 is 0.706 bits per heavy atom. The van der Waals surface area contributed by atoms with Gasteiger partial charge < -0.3 is 0 Å². The summed E-state index contributed by atoms with van der Waals surface area (Å²) in [6, 6.07) is 0. The summed E-state index contributed by atoms with van der Waals surface area (Å²) in [7, 11) is 0. The van der Waals surface area contributed by atoms with Gasteiger partial charge in [0.25, 0.3) is 0 Å². The second-order valence-electron chi connectivity index (χ2n) is 13.1. The fourth-order valence-electron chi connectivity index (χ4n) is 3.65. The lowest BCUT2D eigenvalue weighted by Crippen LogP contribution is -2.18. The molecule has 0 aliphatic heterocycles. The summed E-state index contributed by atoms with van der Waals surface area (Å²) >= 11 is 0. The van der Waals surface area contributed by atoms with E-state index in [0.29, 0.717) is 0 Å². The van der Waals surface area contributed by atoms with Crippen molar-refractivity contribution in [2.24, 2.45) is 17.3 Å². The van der Waals surface area contributed by atoms with Gasteiger partial charge in [-0.1, -0.05) is 188 Å². The molecule has 7 saturated carbocycles. The highest BCUT2D eigenvalue weighted by Gasteiger charge is 2.23. The molecule has 0 aromatic heterocycles. The van der Waals surface area contributed by atoms with Crippen LogP contribution >= 0.6 is 0 Å². The van der Waals surface area contributed by atoms with Gasteiger partial charge in [-0.05, 0) is 30.1 Å². The van der Waals surface area contributed by atoms with Crippen molar-refractivity contribution in [3.8, 4) is 0 Å². The smallest absolute Gasteiger partial charge is 0.0328 e. The van der Waals surface area contributed by atoms with Crippen LogP contribution in [0.5, 0.6) is 0 Å². The number of rotatable bonds is 1. The first kappa shape index (κ1) is 32.0. The summed E-state index contributed by atoms with van der Waals surface area (Å²) in [5.41, 5.74) is 0.720. The highest BCUT2D eigenvalue weighted by Crippen LogP contribution is 2.38. The maximum Gasteiger partial charge on any atom is -0.0328 e. The third-order valence-electron chi connectivity index (χ3n) is 8.50. The molecule has 0 heteroatoms. The van der Waals surface area contributed by atoms with Crippen LogP contribution in [0, 0.1) is 17.3 Å². The van der Waals surface area contributed by atoms with Crippen LogP contribution in [0.1, 0.15) is 201 Å². The number of hydrogen-bond donors (Lipinski definition) is 0. The highest BCUT2D eigenvalue weighted by molar-refractivity contribution is 4.76. The first-order valence-corrected chi connectivity index (χ1v) is 16.6. The molecule has 7 fully saturated rings. The van der Waals surface area contributed by atoms with Crippen LogP contribution in [0.25, 0.3) is 0 Å². The van der Waals surface area contributed by atoms with Crippen molar-refractivity contribution >= 4 is 0 Å².